The molecule has 4 N–H and O–H groups in total. The quantitative estimate of drug-likeness (QED) is 0.334. The molecule has 1 aromatic heterocycles. The zero-order valence-corrected chi connectivity index (χ0v) is 19.5. The van der Waals surface area contributed by atoms with Crippen LogP contribution in [-0.4, -0.2) is 23.1 Å². The van der Waals surface area contributed by atoms with Crippen LogP contribution in [0, 0.1) is 5.92 Å². The molecular formula is C24H29Cl2N5. The highest BCUT2D eigenvalue weighted by molar-refractivity contribution is 6.36. The van der Waals surface area contributed by atoms with Gasteiger partial charge in [-0.3, -0.25) is 0 Å². The molecule has 1 heterocycles. The molecule has 0 unspecified atom stereocenters. The van der Waals surface area contributed by atoms with E-state index in [1.54, 1.807) is 18.3 Å². The van der Waals surface area contributed by atoms with Gasteiger partial charge < -0.3 is 16.4 Å². The lowest BCUT2D eigenvalue weighted by Crippen LogP contribution is -2.21. The van der Waals surface area contributed by atoms with Crippen LogP contribution >= 0.6 is 23.2 Å². The third-order valence-electron chi connectivity index (χ3n) is 4.89. The van der Waals surface area contributed by atoms with Crippen LogP contribution in [0.1, 0.15) is 31.4 Å². The van der Waals surface area contributed by atoms with Gasteiger partial charge in [0.15, 0.2) is 11.6 Å². The molecule has 0 saturated heterocycles. The van der Waals surface area contributed by atoms with Crippen LogP contribution in [0.15, 0.2) is 48.7 Å². The summed E-state index contributed by atoms with van der Waals surface area (Å²) >= 11 is 12.5. The van der Waals surface area contributed by atoms with E-state index >= 15 is 0 Å². The third kappa shape index (κ3) is 6.82. The van der Waals surface area contributed by atoms with E-state index < -0.39 is 0 Å². The van der Waals surface area contributed by atoms with Crippen LogP contribution in [-0.2, 0) is 13.0 Å². The second kappa shape index (κ2) is 11.3. The molecule has 0 amide bonds. The summed E-state index contributed by atoms with van der Waals surface area (Å²) in [6.07, 6.45) is 3.80. The minimum Gasteiger partial charge on any atom is -0.381 e. The summed E-state index contributed by atoms with van der Waals surface area (Å²) in [5.74, 6) is 1.51. The molecule has 5 nitrogen and oxygen atoms in total. The van der Waals surface area contributed by atoms with Crippen LogP contribution in [0.2, 0.25) is 10.0 Å². The number of aromatic nitrogens is 2. The number of aryl methyl sites for hydroxylation is 1. The van der Waals surface area contributed by atoms with E-state index in [1.807, 2.05) is 12.1 Å². The second-order valence-corrected chi connectivity index (χ2v) is 8.76. The fourth-order valence-electron chi connectivity index (χ4n) is 3.24. The van der Waals surface area contributed by atoms with Gasteiger partial charge in [-0.15, -0.1) is 0 Å². The first-order valence-electron chi connectivity index (χ1n) is 10.5. The van der Waals surface area contributed by atoms with Gasteiger partial charge in [-0.05, 0) is 55.6 Å². The van der Waals surface area contributed by atoms with Crippen molar-refractivity contribution in [2.75, 3.05) is 24.1 Å². The van der Waals surface area contributed by atoms with E-state index in [9.17, 15) is 0 Å². The number of halogens is 2. The van der Waals surface area contributed by atoms with Gasteiger partial charge in [-0.25, -0.2) is 9.97 Å². The highest BCUT2D eigenvalue weighted by Gasteiger charge is 2.10. The van der Waals surface area contributed by atoms with Gasteiger partial charge in [0.25, 0.3) is 0 Å². The second-order valence-electron chi connectivity index (χ2n) is 7.94. The first kappa shape index (κ1) is 23.3. The first-order valence-corrected chi connectivity index (χ1v) is 11.3. The molecule has 0 aliphatic rings. The van der Waals surface area contributed by atoms with E-state index in [0.29, 0.717) is 34.1 Å². The van der Waals surface area contributed by atoms with Crippen molar-refractivity contribution in [3.8, 4) is 11.3 Å². The van der Waals surface area contributed by atoms with Crippen molar-refractivity contribution in [2.24, 2.45) is 5.92 Å². The van der Waals surface area contributed by atoms with Crippen molar-refractivity contribution in [3.05, 3.63) is 69.8 Å². The number of rotatable bonds is 10. The number of nitrogens with one attached hydrogen (secondary N) is 2. The Morgan fingerprint density at radius 1 is 1.06 bits per heavy atom. The predicted octanol–water partition coefficient (Wildman–Crippen LogP) is 5.82. The highest BCUT2D eigenvalue weighted by Crippen LogP contribution is 2.27. The molecule has 0 bridgehead atoms. The summed E-state index contributed by atoms with van der Waals surface area (Å²) < 4.78 is 0. The van der Waals surface area contributed by atoms with Gasteiger partial charge in [-0.2, -0.15) is 0 Å². The Bertz CT molecular complexity index is 987. The molecule has 2 aromatic carbocycles. The van der Waals surface area contributed by atoms with E-state index in [2.05, 4.69) is 47.7 Å². The largest absolute Gasteiger partial charge is 0.381 e. The van der Waals surface area contributed by atoms with Crippen molar-refractivity contribution < 1.29 is 0 Å². The van der Waals surface area contributed by atoms with Crippen molar-refractivity contribution in [2.45, 2.75) is 33.2 Å². The zero-order chi connectivity index (χ0) is 22.2. The van der Waals surface area contributed by atoms with E-state index in [1.165, 1.54) is 5.56 Å². The van der Waals surface area contributed by atoms with E-state index in [-0.39, 0.29) is 0 Å². The third-order valence-corrected chi connectivity index (χ3v) is 5.60. The molecule has 0 aliphatic heterocycles. The number of nitrogens with two attached hydrogens (primary N) is 1. The SMILES string of the molecule is CC(C)CNCCCc1cccc(-c2cnc(N)c(NCc3c(Cl)cccc3Cl)n2)c1. The molecule has 0 fully saturated rings. The van der Waals surface area contributed by atoms with Crippen LogP contribution in [0.3, 0.4) is 0 Å². The van der Waals surface area contributed by atoms with Gasteiger partial charge in [0.05, 0.1) is 11.9 Å². The fourth-order valence-corrected chi connectivity index (χ4v) is 3.77. The van der Waals surface area contributed by atoms with Crippen molar-refractivity contribution >= 4 is 34.8 Å². The molecule has 164 valence electrons. The van der Waals surface area contributed by atoms with Crippen molar-refractivity contribution in [1.82, 2.24) is 15.3 Å². The standard InChI is InChI=1S/C24H29Cl2N5/c1-16(2)13-28-11-5-7-17-6-3-8-18(12-17)22-15-29-23(27)24(31-22)30-14-19-20(25)9-4-10-21(19)26/h3-4,6,8-10,12,15-16,28H,5,7,11,13-14H2,1-2H3,(H2,27,29)(H,30,31). The van der Waals surface area contributed by atoms with Crippen molar-refractivity contribution in [3.63, 3.8) is 0 Å². The lowest BCUT2D eigenvalue weighted by Gasteiger charge is -2.12. The van der Waals surface area contributed by atoms with Crippen LogP contribution in [0.25, 0.3) is 11.3 Å². The Kier molecular flexibility index (Phi) is 8.52. The molecule has 3 rings (SSSR count). The average molecular weight is 458 g/mol. The maximum atomic E-state index is 6.26. The normalized spacial score (nSPS) is 11.1. The maximum Gasteiger partial charge on any atom is 0.169 e. The zero-order valence-electron chi connectivity index (χ0n) is 18.0. The number of hydrogen-bond acceptors (Lipinski definition) is 5. The molecule has 31 heavy (non-hydrogen) atoms. The van der Waals surface area contributed by atoms with Gasteiger partial charge in [-0.1, -0.05) is 61.3 Å². The molecule has 0 saturated carbocycles. The molecule has 0 spiro atoms. The van der Waals surface area contributed by atoms with E-state index in [0.717, 1.165) is 42.8 Å². The minimum atomic E-state index is 0.333. The summed E-state index contributed by atoms with van der Waals surface area (Å²) in [5.41, 5.74) is 9.90. The smallest absolute Gasteiger partial charge is 0.169 e. The summed E-state index contributed by atoms with van der Waals surface area (Å²) in [5, 5.41) is 7.90. The molecule has 3 aromatic rings. The summed E-state index contributed by atoms with van der Waals surface area (Å²) in [4.78, 5) is 9.01. The summed E-state index contributed by atoms with van der Waals surface area (Å²) in [6, 6.07) is 13.8. The highest BCUT2D eigenvalue weighted by atomic mass is 35.5. The molecular weight excluding hydrogens is 429 g/mol. The molecule has 0 aliphatic carbocycles. The topological polar surface area (TPSA) is 75.9 Å². The lowest BCUT2D eigenvalue weighted by atomic mass is 10.0. The number of hydrogen-bond donors (Lipinski definition) is 3. The Balaban J connectivity index is 1.68. The predicted molar refractivity (Wildman–Crippen MR) is 132 cm³/mol. The van der Waals surface area contributed by atoms with Gasteiger partial charge in [0, 0.05) is 27.7 Å². The first-order chi connectivity index (χ1) is 14.9. The lowest BCUT2D eigenvalue weighted by molar-refractivity contribution is 0.543. The molecule has 0 radical (unpaired) electrons. The minimum absolute atomic E-state index is 0.333. The molecule has 0 atom stereocenters. The van der Waals surface area contributed by atoms with Gasteiger partial charge in [0.1, 0.15) is 0 Å². The fraction of sp³-hybridized carbons (Fsp3) is 0.333. The Hall–Kier alpha value is -2.34. The van der Waals surface area contributed by atoms with Crippen LogP contribution in [0.4, 0.5) is 11.6 Å². The van der Waals surface area contributed by atoms with Crippen molar-refractivity contribution in [1.29, 1.82) is 0 Å². The number of nitrogen functional groups attached to an aromatic ring is 1. The Labute approximate surface area is 194 Å². The monoisotopic (exact) mass is 457 g/mol. The van der Waals surface area contributed by atoms with Crippen LogP contribution < -0.4 is 16.4 Å². The number of anilines is 2. The summed E-state index contributed by atoms with van der Waals surface area (Å²) in [7, 11) is 0. The number of nitrogens with zero attached hydrogens (tertiary/aromatic N) is 2. The Morgan fingerprint density at radius 2 is 1.81 bits per heavy atom. The maximum absolute atomic E-state index is 6.26. The van der Waals surface area contributed by atoms with Crippen LogP contribution in [0.5, 0.6) is 0 Å². The summed E-state index contributed by atoms with van der Waals surface area (Å²) in [6.45, 7) is 6.91. The van der Waals surface area contributed by atoms with E-state index in [4.69, 9.17) is 33.9 Å². The van der Waals surface area contributed by atoms with Gasteiger partial charge >= 0.3 is 0 Å². The van der Waals surface area contributed by atoms with Gasteiger partial charge in [0.2, 0.25) is 0 Å². The number of benzene rings is 2. The average Bonchev–Trinajstić information content (AvgIpc) is 2.74. The molecule has 7 heteroatoms. The Morgan fingerprint density at radius 3 is 2.55 bits per heavy atom.